The summed E-state index contributed by atoms with van der Waals surface area (Å²) in [5, 5.41) is 3.28. The fourth-order valence-electron chi connectivity index (χ4n) is 5.71. The molecular weight excluding hydrogens is 523 g/mol. The highest BCUT2D eigenvalue weighted by Gasteiger charge is 2.27. The van der Waals surface area contributed by atoms with Gasteiger partial charge >= 0.3 is 0 Å². The van der Waals surface area contributed by atoms with Gasteiger partial charge in [-0.25, -0.2) is 14.4 Å². The number of hydrogen-bond donors (Lipinski definition) is 1. The standard InChI is InChI=1S/C31H41FN6O3/c1-36-13-15-37(16-14-36)25-9-11-38(12-10-25)27-8-7-24(18-28(27)40-3)35-31-33-20-22(21-34-31)5-6-23-17-26(39-2)19-29(41-4)30(23)32/h7-8,17-21,25H,5-6,9-16H2,1-4H3,(H,33,34,35). The van der Waals surface area contributed by atoms with Crippen molar-refractivity contribution >= 4 is 17.3 Å². The molecule has 2 aliphatic rings. The van der Waals surface area contributed by atoms with E-state index in [-0.39, 0.29) is 11.6 Å². The Morgan fingerprint density at radius 1 is 0.854 bits per heavy atom. The number of likely N-dealkylation sites (N-methyl/N-ethyl adjacent to an activating group) is 1. The van der Waals surface area contributed by atoms with Crippen LogP contribution in [0.25, 0.3) is 0 Å². The number of nitrogens with one attached hydrogen (secondary N) is 1. The maximum atomic E-state index is 14.7. The molecule has 3 heterocycles. The Bertz CT molecular complexity index is 1290. The highest BCUT2D eigenvalue weighted by Crippen LogP contribution is 2.34. The highest BCUT2D eigenvalue weighted by atomic mass is 19.1. The molecule has 10 heteroatoms. The smallest absolute Gasteiger partial charge is 0.227 e. The summed E-state index contributed by atoms with van der Waals surface area (Å²) in [5.74, 6) is 1.69. The lowest BCUT2D eigenvalue weighted by Crippen LogP contribution is -2.52. The van der Waals surface area contributed by atoms with E-state index in [0.717, 1.165) is 48.9 Å². The molecule has 0 amide bonds. The van der Waals surface area contributed by atoms with Crippen LogP contribution in [-0.2, 0) is 12.8 Å². The van der Waals surface area contributed by atoms with Crippen LogP contribution in [0, 0.1) is 5.82 Å². The molecule has 0 aliphatic carbocycles. The van der Waals surface area contributed by atoms with E-state index < -0.39 is 0 Å². The van der Waals surface area contributed by atoms with Gasteiger partial charge in [0.1, 0.15) is 11.5 Å². The van der Waals surface area contributed by atoms with Crippen molar-refractivity contribution in [3.63, 3.8) is 0 Å². The first-order chi connectivity index (χ1) is 20.0. The number of piperidine rings is 1. The van der Waals surface area contributed by atoms with Crippen LogP contribution >= 0.6 is 0 Å². The lowest BCUT2D eigenvalue weighted by molar-refractivity contribution is 0.0981. The molecule has 2 saturated heterocycles. The summed E-state index contributed by atoms with van der Waals surface area (Å²) in [6, 6.07) is 10.1. The molecule has 2 aliphatic heterocycles. The van der Waals surface area contributed by atoms with E-state index >= 15 is 0 Å². The molecule has 220 valence electrons. The van der Waals surface area contributed by atoms with E-state index in [1.54, 1.807) is 38.7 Å². The summed E-state index contributed by atoms with van der Waals surface area (Å²) in [4.78, 5) is 16.5. The van der Waals surface area contributed by atoms with Gasteiger partial charge in [-0.2, -0.15) is 0 Å². The molecule has 1 aromatic heterocycles. The summed E-state index contributed by atoms with van der Waals surface area (Å²) in [6.07, 6.45) is 6.93. The lowest BCUT2D eigenvalue weighted by Gasteiger charge is -2.42. The first-order valence-electron chi connectivity index (χ1n) is 14.3. The van der Waals surface area contributed by atoms with Gasteiger partial charge in [0.15, 0.2) is 11.6 Å². The number of halogens is 1. The fraction of sp³-hybridized carbons (Fsp3) is 0.484. The molecule has 0 saturated carbocycles. The third-order valence-corrected chi connectivity index (χ3v) is 8.23. The lowest BCUT2D eigenvalue weighted by atomic mass is 10.0. The van der Waals surface area contributed by atoms with E-state index in [4.69, 9.17) is 14.2 Å². The number of rotatable bonds is 10. The minimum atomic E-state index is -0.371. The van der Waals surface area contributed by atoms with Gasteiger partial charge in [-0.3, -0.25) is 4.90 Å². The van der Waals surface area contributed by atoms with Gasteiger partial charge in [0.2, 0.25) is 5.95 Å². The Kier molecular flexibility index (Phi) is 9.41. The Morgan fingerprint density at radius 3 is 2.22 bits per heavy atom. The summed E-state index contributed by atoms with van der Waals surface area (Å²) < 4.78 is 30.9. The van der Waals surface area contributed by atoms with E-state index in [0.29, 0.717) is 36.1 Å². The van der Waals surface area contributed by atoms with E-state index in [9.17, 15) is 4.39 Å². The zero-order valence-corrected chi connectivity index (χ0v) is 24.5. The van der Waals surface area contributed by atoms with Crippen molar-refractivity contribution in [3.05, 3.63) is 59.7 Å². The molecule has 5 rings (SSSR count). The topological polar surface area (TPSA) is 75.2 Å². The molecule has 9 nitrogen and oxygen atoms in total. The summed E-state index contributed by atoms with van der Waals surface area (Å²) in [5.41, 5.74) is 3.41. The number of benzene rings is 2. The number of aromatic nitrogens is 2. The van der Waals surface area contributed by atoms with E-state index in [2.05, 4.69) is 43.1 Å². The van der Waals surface area contributed by atoms with Crippen molar-refractivity contribution < 1.29 is 18.6 Å². The van der Waals surface area contributed by atoms with Crippen LogP contribution in [0.5, 0.6) is 17.2 Å². The maximum absolute atomic E-state index is 14.7. The molecule has 3 aromatic rings. The number of anilines is 3. The van der Waals surface area contributed by atoms with Crippen LogP contribution < -0.4 is 24.4 Å². The predicted molar refractivity (Wildman–Crippen MR) is 160 cm³/mol. The average Bonchev–Trinajstić information content (AvgIpc) is 3.01. The number of hydrogen-bond acceptors (Lipinski definition) is 9. The van der Waals surface area contributed by atoms with Crippen molar-refractivity contribution in [1.82, 2.24) is 19.8 Å². The van der Waals surface area contributed by atoms with E-state index in [1.165, 1.54) is 33.0 Å². The van der Waals surface area contributed by atoms with Gasteiger partial charge in [-0.15, -0.1) is 0 Å². The number of nitrogens with zero attached hydrogens (tertiary/aromatic N) is 5. The second kappa shape index (κ2) is 13.4. The largest absolute Gasteiger partial charge is 0.497 e. The van der Waals surface area contributed by atoms with Crippen molar-refractivity contribution in [2.24, 2.45) is 0 Å². The van der Waals surface area contributed by atoms with Crippen LogP contribution in [0.4, 0.5) is 21.7 Å². The maximum Gasteiger partial charge on any atom is 0.227 e. The first-order valence-corrected chi connectivity index (χ1v) is 14.3. The molecular formula is C31H41FN6O3. The minimum absolute atomic E-state index is 0.173. The molecule has 0 atom stereocenters. The van der Waals surface area contributed by atoms with Crippen LogP contribution in [0.3, 0.4) is 0 Å². The number of aryl methyl sites for hydroxylation is 2. The normalized spacial score (nSPS) is 17.0. The third kappa shape index (κ3) is 7.00. The van der Waals surface area contributed by atoms with Crippen molar-refractivity contribution in [2.75, 3.05) is 77.9 Å². The van der Waals surface area contributed by atoms with Crippen molar-refractivity contribution in [1.29, 1.82) is 0 Å². The van der Waals surface area contributed by atoms with Gasteiger partial charge in [-0.1, -0.05) is 0 Å². The van der Waals surface area contributed by atoms with Crippen LogP contribution in [-0.4, -0.2) is 93.5 Å². The van der Waals surface area contributed by atoms with Gasteiger partial charge < -0.3 is 29.3 Å². The van der Waals surface area contributed by atoms with E-state index in [1.807, 2.05) is 12.1 Å². The Morgan fingerprint density at radius 2 is 1.56 bits per heavy atom. The number of piperazine rings is 1. The summed E-state index contributed by atoms with van der Waals surface area (Å²) >= 11 is 0. The van der Waals surface area contributed by atoms with Crippen molar-refractivity contribution in [3.8, 4) is 17.2 Å². The monoisotopic (exact) mass is 564 g/mol. The molecule has 0 unspecified atom stereocenters. The van der Waals surface area contributed by atoms with Gasteiger partial charge in [0, 0.05) is 75.5 Å². The molecule has 41 heavy (non-hydrogen) atoms. The first kappa shape index (κ1) is 28.9. The summed E-state index contributed by atoms with van der Waals surface area (Å²) in [6.45, 7) is 6.71. The van der Waals surface area contributed by atoms with Crippen LogP contribution in [0.2, 0.25) is 0 Å². The third-order valence-electron chi connectivity index (χ3n) is 8.23. The Labute approximate surface area is 242 Å². The highest BCUT2D eigenvalue weighted by molar-refractivity contribution is 5.67. The van der Waals surface area contributed by atoms with Crippen LogP contribution in [0.15, 0.2) is 42.7 Å². The molecule has 2 aromatic carbocycles. The molecule has 0 bridgehead atoms. The number of ether oxygens (including phenoxy) is 3. The summed E-state index contributed by atoms with van der Waals surface area (Å²) in [7, 11) is 6.92. The Hall–Kier alpha value is -3.63. The van der Waals surface area contributed by atoms with Gasteiger partial charge in [-0.05, 0) is 62.1 Å². The predicted octanol–water partition coefficient (Wildman–Crippen LogP) is 4.39. The molecule has 2 fully saturated rings. The minimum Gasteiger partial charge on any atom is -0.497 e. The second-order valence-corrected chi connectivity index (χ2v) is 10.8. The van der Waals surface area contributed by atoms with Gasteiger partial charge in [0.05, 0.1) is 27.0 Å². The van der Waals surface area contributed by atoms with Gasteiger partial charge in [0.25, 0.3) is 0 Å². The zero-order chi connectivity index (χ0) is 28.8. The zero-order valence-electron chi connectivity index (χ0n) is 24.5. The quantitative estimate of drug-likeness (QED) is 0.386. The Balaban J connectivity index is 1.17. The molecule has 0 spiro atoms. The van der Waals surface area contributed by atoms with Crippen molar-refractivity contribution in [2.45, 2.75) is 31.7 Å². The second-order valence-electron chi connectivity index (χ2n) is 10.8. The van der Waals surface area contributed by atoms with Crippen LogP contribution in [0.1, 0.15) is 24.0 Å². The SMILES string of the molecule is COc1cc(CCc2cnc(Nc3ccc(N4CCC(N5CCN(C)CC5)CC4)c(OC)c3)nc2)c(F)c(OC)c1. The number of methoxy groups -OCH3 is 3. The molecule has 0 radical (unpaired) electrons. The fourth-order valence-corrected chi connectivity index (χ4v) is 5.71. The molecule has 1 N–H and O–H groups in total. The average molecular weight is 565 g/mol.